The Bertz CT molecular complexity index is 1030. The van der Waals surface area contributed by atoms with Crippen LogP contribution >= 0.6 is 11.3 Å². The van der Waals surface area contributed by atoms with Crippen molar-refractivity contribution >= 4 is 28.2 Å². The van der Waals surface area contributed by atoms with E-state index in [1.807, 2.05) is 72.4 Å². The summed E-state index contributed by atoms with van der Waals surface area (Å²) in [6.45, 7) is 5.69. The van der Waals surface area contributed by atoms with Gasteiger partial charge in [0.2, 0.25) is 5.91 Å². The molecule has 0 saturated heterocycles. The summed E-state index contributed by atoms with van der Waals surface area (Å²) in [4.78, 5) is 27.0. The van der Waals surface area contributed by atoms with Crippen LogP contribution < -0.4 is 5.32 Å². The Morgan fingerprint density at radius 2 is 2.00 bits per heavy atom. The summed E-state index contributed by atoms with van der Waals surface area (Å²) in [6, 6.07) is 9.57. The molecule has 2 aromatic heterocycles. The van der Waals surface area contributed by atoms with Gasteiger partial charge in [0.05, 0.1) is 19.9 Å². The normalized spacial score (nSPS) is 11.0. The van der Waals surface area contributed by atoms with Crippen molar-refractivity contribution in [1.82, 2.24) is 14.7 Å². The van der Waals surface area contributed by atoms with E-state index >= 15 is 0 Å². The molecule has 3 aromatic rings. The number of nitrogens with one attached hydrogen (secondary N) is 1. The van der Waals surface area contributed by atoms with Gasteiger partial charge in [-0.05, 0) is 26.5 Å². The largest absolute Gasteiger partial charge is 0.465 e. The molecule has 30 heavy (non-hydrogen) atoms. The van der Waals surface area contributed by atoms with E-state index in [0.29, 0.717) is 17.1 Å². The Kier molecular flexibility index (Phi) is 7.02. The van der Waals surface area contributed by atoms with Gasteiger partial charge in [0.1, 0.15) is 10.6 Å². The number of rotatable bonds is 8. The van der Waals surface area contributed by atoms with E-state index in [-0.39, 0.29) is 12.5 Å². The van der Waals surface area contributed by atoms with Crippen molar-refractivity contribution < 1.29 is 14.3 Å². The Labute approximate surface area is 180 Å². The molecule has 0 aliphatic rings. The number of hydrogen-bond donors (Lipinski definition) is 1. The number of thiophene rings is 1. The lowest BCUT2D eigenvalue weighted by molar-refractivity contribution is -0.117. The molecule has 0 radical (unpaired) electrons. The summed E-state index contributed by atoms with van der Waals surface area (Å²) in [5, 5.41) is 9.58. The summed E-state index contributed by atoms with van der Waals surface area (Å²) in [7, 11) is 3.22. The van der Waals surface area contributed by atoms with E-state index in [2.05, 4.69) is 10.4 Å². The molecule has 0 aliphatic carbocycles. The zero-order valence-corrected chi connectivity index (χ0v) is 18.5. The van der Waals surface area contributed by atoms with E-state index in [4.69, 9.17) is 4.74 Å². The number of hydrogen-bond acceptors (Lipinski definition) is 6. The number of likely N-dealkylation sites (N-methyl/N-ethyl adjacent to an activating group) is 1. The van der Waals surface area contributed by atoms with Crippen molar-refractivity contribution in [3.63, 3.8) is 0 Å². The van der Waals surface area contributed by atoms with Gasteiger partial charge < -0.3 is 10.1 Å². The van der Waals surface area contributed by atoms with Gasteiger partial charge in [-0.2, -0.15) is 5.10 Å². The van der Waals surface area contributed by atoms with Crippen molar-refractivity contribution in [2.75, 3.05) is 26.0 Å². The van der Waals surface area contributed by atoms with E-state index in [1.165, 1.54) is 18.4 Å². The van der Waals surface area contributed by atoms with Crippen LogP contribution in [0.4, 0.5) is 5.00 Å². The molecule has 0 fully saturated rings. The average Bonchev–Trinajstić information content (AvgIpc) is 3.31. The molecule has 0 unspecified atom stereocenters. The summed E-state index contributed by atoms with van der Waals surface area (Å²) >= 11 is 1.32. The Hall–Kier alpha value is -2.97. The minimum atomic E-state index is -0.471. The summed E-state index contributed by atoms with van der Waals surface area (Å²) < 4.78 is 6.90. The molecule has 0 bridgehead atoms. The standard InChI is InChI=1S/C22H26N4O3S/c1-5-26-15(2)17(11-23-26)12-25(3)13-19(27)24-21-20(22(28)29-4)18(14-30-21)16-9-7-6-8-10-16/h6-11,14H,5,12-13H2,1-4H3,(H,24,27). The molecule has 1 N–H and O–H groups in total. The van der Waals surface area contributed by atoms with Crippen LogP contribution in [0.5, 0.6) is 0 Å². The van der Waals surface area contributed by atoms with Crippen LogP contribution in [0.15, 0.2) is 41.9 Å². The SMILES string of the molecule is CCn1ncc(CN(C)CC(=O)Nc2scc(-c3ccccc3)c2C(=O)OC)c1C. The maximum atomic E-state index is 12.6. The van der Waals surface area contributed by atoms with Crippen molar-refractivity contribution in [2.24, 2.45) is 0 Å². The quantitative estimate of drug-likeness (QED) is 0.555. The van der Waals surface area contributed by atoms with Crippen LogP contribution in [-0.4, -0.2) is 47.3 Å². The van der Waals surface area contributed by atoms with Crippen LogP contribution in [0.25, 0.3) is 11.1 Å². The van der Waals surface area contributed by atoms with Gasteiger partial charge >= 0.3 is 5.97 Å². The van der Waals surface area contributed by atoms with Gasteiger partial charge in [0.15, 0.2) is 0 Å². The second-order valence-corrected chi connectivity index (χ2v) is 7.88. The van der Waals surface area contributed by atoms with Gasteiger partial charge in [0.25, 0.3) is 0 Å². The molecule has 0 aliphatic heterocycles. The molecule has 3 rings (SSSR count). The fourth-order valence-corrected chi connectivity index (χ4v) is 4.28. The first-order valence-electron chi connectivity index (χ1n) is 9.69. The maximum Gasteiger partial charge on any atom is 0.341 e. The number of benzene rings is 1. The number of carbonyl (C=O) groups is 2. The van der Waals surface area contributed by atoms with Gasteiger partial charge in [0, 0.05) is 35.3 Å². The summed E-state index contributed by atoms with van der Waals surface area (Å²) in [5.41, 5.74) is 4.21. The van der Waals surface area contributed by atoms with Crippen LogP contribution in [0, 0.1) is 6.92 Å². The molecule has 7 nitrogen and oxygen atoms in total. The number of anilines is 1. The summed E-state index contributed by atoms with van der Waals surface area (Å²) in [5.74, 6) is -0.661. The molecule has 158 valence electrons. The third-order valence-corrected chi connectivity index (χ3v) is 5.77. The first-order valence-corrected chi connectivity index (χ1v) is 10.6. The van der Waals surface area contributed by atoms with E-state index in [0.717, 1.165) is 28.9 Å². The number of carbonyl (C=O) groups excluding carboxylic acids is 2. The highest BCUT2D eigenvalue weighted by atomic mass is 32.1. The van der Waals surface area contributed by atoms with Crippen LogP contribution in [0.3, 0.4) is 0 Å². The number of nitrogens with zero attached hydrogens (tertiary/aromatic N) is 3. The molecule has 0 spiro atoms. The molecule has 1 amide bonds. The zero-order chi connectivity index (χ0) is 21.7. The van der Waals surface area contributed by atoms with Gasteiger partial charge in [-0.25, -0.2) is 4.79 Å². The third-order valence-electron chi connectivity index (χ3n) is 4.88. The number of ether oxygens (including phenoxy) is 1. The Morgan fingerprint density at radius 1 is 1.27 bits per heavy atom. The van der Waals surface area contributed by atoms with Crippen molar-refractivity contribution in [3.8, 4) is 11.1 Å². The highest BCUT2D eigenvalue weighted by molar-refractivity contribution is 7.15. The number of aromatic nitrogens is 2. The lowest BCUT2D eigenvalue weighted by atomic mass is 10.0. The number of aryl methyl sites for hydroxylation is 1. The Balaban J connectivity index is 1.72. The predicted octanol–water partition coefficient (Wildman–Crippen LogP) is 3.80. The second-order valence-electron chi connectivity index (χ2n) is 7.00. The van der Waals surface area contributed by atoms with E-state index in [9.17, 15) is 9.59 Å². The fourth-order valence-electron chi connectivity index (χ4n) is 3.30. The molecule has 0 saturated carbocycles. The maximum absolute atomic E-state index is 12.6. The van der Waals surface area contributed by atoms with Crippen LogP contribution in [-0.2, 0) is 22.6 Å². The van der Waals surface area contributed by atoms with E-state index < -0.39 is 5.97 Å². The number of methoxy groups -OCH3 is 1. The van der Waals surface area contributed by atoms with Gasteiger partial charge in [-0.3, -0.25) is 14.4 Å². The molecular formula is C22H26N4O3S. The van der Waals surface area contributed by atoms with Gasteiger partial charge in [-0.15, -0.1) is 11.3 Å². The highest BCUT2D eigenvalue weighted by Crippen LogP contribution is 2.36. The molecule has 1 aromatic carbocycles. The fraction of sp³-hybridized carbons (Fsp3) is 0.318. The topological polar surface area (TPSA) is 76.5 Å². The predicted molar refractivity (Wildman–Crippen MR) is 119 cm³/mol. The Morgan fingerprint density at radius 3 is 2.63 bits per heavy atom. The number of amides is 1. The van der Waals surface area contributed by atoms with Crippen molar-refractivity contribution in [2.45, 2.75) is 26.9 Å². The molecule has 8 heteroatoms. The molecule has 0 atom stereocenters. The van der Waals surface area contributed by atoms with Crippen LogP contribution in [0.2, 0.25) is 0 Å². The average molecular weight is 427 g/mol. The first kappa shape index (κ1) is 21.7. The summed E-state index contributed by atoms with van der Waals surface area (Å²) in [6.07, 6.45) is 1.84. The monoisotopic (exact) mass is 426 g/mol. The zero-order valence-electron chi connectivity index (χ0n) is 17.6. The van der Waals surface area contributed by atoms with E-state index in [1.54, 1.807) is 0 Å². The lowest BCUT2D eigenvalue weighted by Crippen LogP contribution is -2.30. The lowest BCUT2D eigenvalue weighted by Gasteiger charge is -2.16. The van der Waals surface area contributed by atoms with Gasteiger partial charge in [-0.1, -0.05) is 30.3 Å². The smallest absolute Gasteiger partial charge is 0.341 e. The number of esters is 1. The highest BCUT2D eigenvalue weighted by Gasteiger charge is 2.22. The van der Waals surface area contributed by atoms with Crippen molar-refractivity contribution in [3.05, 3.63) is 58.7 Å². The van der Waals surface area contributed by atoms with Crippen LogP contribution in [0.1, 0.15) is 28.5 Å². The first-order chi connectivity index (χ1) is 14.4. The minimum Gasteiger partial charge on any atom is -0.465 e. The van der Waals surface area contributed by atoms with Crippen molar-refractivity contribution in [1.29, 1.82) is 0 Å². The molecule has 2 heterocycles. The molecular weight excluding hydrogens is 400 g/mol. The third kappa shape index (κ3) is 4.77. The minimum absolute atomic E-state index is 0.190. The second kappa shape index (κ2) is 9.69.